The Labute approximate surface area is 181 Å². The van der Waals surface area contributed by atoms with Gasteiger partial charge in [-0.1, -0.05) is 23.5 Å². The van der Waals surface area contributed by atoms with Crippen LogP contribution in [0.25, 0.3) is 10.2 Å². The van der Waals surface area contributed by atoms with Crippen molar-refractivity contribution < 1.29 is 22.0 Å². The molecule has 2 heterocycles. The van der Waals surface area contributed by atoms with E-state index in [2.05, 4.69) is 11.6 Å². The quantitative estimate of drug-likeness (QED) is 0.544. The van der Waals surface area contributed by atoms with Crippen LogP contribution in [0.1, 0.15) is 12.8 Å². The molecule has 162 valence electrons. The highest BCUT2D eigenvalue weighted by atomic mass is 32.2. The molecule has 1 amide bonds. The lowest BCUT2D eigenvalue weighted by atomic mass is 10.2. The number of aromatic nitrogens is 1. The largest absolute Gasteiger partial charge is 0.310 e. The number of benzene rings is 2. The van der Waals surface area contributed by atoms with Gasteiger partial charge in [0, 0.05) is 13.1 Å². The van der Waals surface area contributed by atoms with Crippen molar-refractivity contribution in [1.29, 1.82) is 0 Å². The van der Waals surface area contributed by atoms with E-state index in [4.69, 9.17) is 0 Å². The number of hydrogen-bond acceptors (Lipinski definition) is 4. The van der Waals surface area contributed by atoms with Gasteiger partial charge in [-0.15, -0.1) is 6.58 Å². The first-order chi connectivity index (χ1) is 14.8. The molecule has 10 heteroatoms. The highest BCUT2D eigenvalue weighted by molar-refractivity contribution is 7.89. The zero-order valence-corrected chi connectivity index (χ0v) is 18.0. The number of halogens is 2. The minimum atomic E-state index is -3.99. The van der Waals surface area contributed by atoms with Gasteiger partial charge in [-0.3, -0.25) is 4.79 Å². The van der Waals surface area contributed by atoms with E-state index in [0.29, 0.717) is 23.1 Å². The fourth-order valence-electron chi connectivity index (χ4n) is 3.66. The third-order valence-corrected chi connectivity index (χ3v) is 8.04. The smallest absolute Gasteiger partial charge is 0.266 e. The number of carbonyl (C=O) groups excluding carboxylic acids is 1. The molecule has 1 unspecified atom stereocenters. The number of carbonyl (C=O) groups is 1. The van der Waals surface area contributed by atoms with Crippen molar-refractivity contribution in [2.45, 2.75) is 30.3 Å². The van der Waals surface area contributed by atoms with Crippen molar-refractivity contribution in [2.75, 3.05) is 6.54 Å². The lowest BCUT2D eigenvalue weighted by molar-refractivity contribution is -0.121. The number of sulfonamides is 1. The normalized spacial score (nSPS) is 18.0. The molecular formula is C21H19F2N3O3S2. The van der Waals surface area contributed by atoms with Crippen LogP contribution in [0.15, 0.2) is 65.0 Å². The first-order valence-corrected chi connectivity index (χ1v) is 11.8. The maximum Gasteiger partial charge on any atom is 0.266 e. The maximum absolute atomic E-state index is 14.4. The molecule has 0 N–H and O–H groups in total. The minimum absolute atomic E-state index is 0.0840. The van der Waals surface area contributed by atoms with Gasteiger partial charge in [0.05, 0.1) is 15.1 Å². The van der Waals surface area contributed by atoms with E-state index in [9.17, 15) is 22.0 Å². The van der Waals surface area contributed by atoms with Gasteiger partial charge >= 0.3 is 0 Å². The van der Waals surface area contributed by atoms with Crippen LogP contribution in [0.4, 0.5) is 8.78 Å². The molecule has 0 spiro atoms. The summed E-state index contributed by atoms with van der Waals surface area (Å²) >= 11 is 1.15. The molecule has 4 rings (SSSR count). The summed E-state index contributed by atoms with van der Waals surface area (Å²) < 4.78 is 56.9. The molecule has 0 bridgehead atoms. The Kier molecular flexibility index (Phi) is 5.87. The van der Waals surface area contributed by atoms with Crippen molar-refractivity contribution in [3.05, 3.63) is 71.6 Å². The zero-order valence-electron chi connectivity index (χ0n) is 16.4. The highest BCUT2D eigenvalue weighted by Gasteiger charge is 2.39. The van der Waals surface area contributed by atoms with E-state index < -0.39 is 33.6 Å². The van der Waals surface area contributed by atoms with Crippen LogP contribution in [-0.2, 0) is 21.4 Å². The molecular weight excluding hydrogens is 444 g/mol. The Morgan fingerprint density at radius 1 is 1.23 bits per heavy atom. The van der Waals surface area contributed by atoms with Crippen molar-refractivity contribution >= 4 is 37.5 Å². The third kappa shape index (κ3) is 3.98. The van der Waals surface area contributed by atoms with Crippen LogP contribution in [0.3, 0.4) is 0 Å². The van der Waals surface area contributed by atoms with Crippen molar-refractivity contribution in [2.24, 2.45) is 4.99 Å². The van der Waals surface area contributed by atoms with Crippen LogP contribution in [0, 0.1) is 11.6 Å². The molecule has 0 aliphatic carbocycles. The number of fused-ring (bicyclic) bond motifs is 1. The minimum Gasteiger partial charge on any atom is -0.310 e. The van der Waals surface area contributed by atoms with Gasteiger partial charge in [0.2, 0.25) is 10.0 Å². The van der Waals surface area contributed by atoms with Crippen molar-refractivity contribution in [1.82, 2.24) is 8.87 Å². The zero-order chi connectivity index (χ0) is 22.2. The monoisotopic (exact) mass is 463 g/mol. The van der Waals surface area contributed by atoms with Gasteiger partial charge in [0.25, 0.3) is 5.91 Å². The Hall–Kier alpha value is -2.69. The van der Waals surface area contributed by atoms with E-state index in [1.807, 2.05) is 0 Å². The summed E-state index contributed by atoms with van der Waals surface area (Å²) in [6.07, 6.45) is 2.40. The number of rotatable bonds is 5. The number of para-hydroxylation sites is 1. The Morgan fingerprint density at radius 2 is 1.97 bits per heavy atom. The lowest BCUT2D eigenvalue weighted by Crippen LogP contribution is -2.40. The van der Waals surface area contributed by atoms with Crippen LogP contribution in [0.5, 0.6) is 0 Å². The molecule has 1 fully saturated rings. The van der Waals surface area contributed by atoms with Gasteiger partial charge in [0.15, 0.2) is 4.80 Å². The van der Waals surface area contributed by atoms with Crippen LogP contribution in [0.2, 0.25) is 0 Å². The van der Waals surface area contributed by atoms with E-state index >= 15 is 0 Å². The molecule has 3 aromatic rings. The number of allylic oxidation sites excluding steroid dienone is 1. The van der Waals surface area contributed by atoms with Crippen LogP contribution >= 0.6 is 11.3 Å². The summed E-state index contributed by atoms with van der Waals surface area (Å²) in [6.45, 7) is 4.09. The molecule has 1 aliphatic rings. The summed E-state index contributed by atoms with van der Waals surface area (Å²) in [5.74, 6) is -1.61. The summed E-state index contributed by atoms with van der Waals surface area (Å²) in [7, 11) is -3.99. The van der Waals surface area contributed by atoms with Gasteiger partial charge < -0.3 is 4.57 Å². The lowest BCUT2D eigenvalue weighted by Gasteiger charge is -2.21. The van der Waals surface area contributed by atoms with E-state index in [-0.39, 0.29) is 22.8 Å². The standard InChI is InChI=1S/C21H19F2N3O3S2/c1-2-12-25-19-16(23)5-3-7-18(19)30-21(25)24-20(27)17-6-4-13-26(17)31(28,29)15-10-8-14(22)9-11-15/h2-3,5,7-11,17H,1,4,6,12-13H2. The molecule has 2 aromatic carbocycles. The molecule has 1 aromatic heterocycles. The second-order valence-corrected chi connectivity index (χ2v) is 9.95. The SMILES string of the molecule is C=CCn1c(=NC(=O)C2CCCN2S(=O)(=O)c2ccc(F)cc2)sc2cccc(F)c21. The first-order valence-electron chi connectivity index (χ1n) is 9.57. The Balaban J connectivity index is 1.73. The molecule has 1 saturated heterocycles. The van der Waals surface area contributed by atoms with Crippen molar-refractivity contribution in [3.63, 3.8) is 0 Å². The average molecular weight is 464 g/mol. The second-order valence-electron chi connectivity index (χ2n) is 7.05. The molecule has 31 heavy (non-hydrogen) atoms. The van der Waals surface area contributed by atoms with Gasteiger partial charge in [-0.05, 0) is 49.2 Å². The summed E-state index contributed by atoms with van der Waals surface area (Å²) in [5.41, 5.74) is 0.321. The summed E-state index contributed by atoms with van der Waals surface area (Å²) in [6, 6.07) is 8.14. The fourth-order valence-corrected chi connectivity index (χ4v) is 6.37. The van der Waals surface area contributed by atoms with E-state index in [1.54, 1.807) is 22.8 Å². The number of hydrogen-bond donors (Lipinski definition) is 0. The summed E-state index contributed by atoms with van der Waals surface area (Å²) in [5, 5.41) is 0. The Morgan fingerprint density at radius 3 is 2.68 bits per heavy atom. The summed E-state index contributed by atoms with van der Waals surface area (Å²) in [4.78, 5) is 17.4. The highest BCUT2D eigenvalue weighted by Crippen LogP contribution is 2.27. The Bertz CT molecular complexity index is 1330. The van der Waals surface area contributed by atoms with Gasteiger partial charge in [-0.25, -0.2) is 17.2 Å². The second kappa shape index (κ2) is 8.45. The fraction of sp³-hybridized carbons (Fsp3) is 0.238. The maximum atomic E-state index is 14.4. The molecule has 1 aliphatic heterocycles. The average Bonchev–Trinajstić information content (AvgIpc) is 3.35. The predicted molar refractivity (Wildman–Crippen MR) is 114 cm³/mol. The molecule has 0 radical (unpaired) electrons. The van der Waals surface area contributed by atoms with Crippen molar-refractivity contribution in [3.8, 4) is 0 Å². The number of nitrogens with zero attached hydrogens (tertiary/aromatic N) is 3. The number of amides is 1. The molecule has 6 nitrogen and oxygen atoms in total. The predicted octanol–water partition coefficient (Wildman–Crippen LogP) is 3.45. The van der Waals surface area contributed by atoms with Crippen LogP contribution in [-0.4, -0.2) is 35.8 Å². The van der Waals surface area contributed by atoms with Crippen LogP contribution < -0.4 is 4.80 Å². The molecule has 1 atom stereocenters. The van der Waals surface area contributed by atoms with Gasteiger partial charge in [-0.2, -0.15) is 9.30 Å². The van der Waals surface area contributed by atoms with Gasteiger partial charge in [0.1, 0.15) is 17.7 Å². The molecule has 0 saturated carbocycles. The van der Waals surface area contributed by atoms with E-state index in [0.717, 1.165) is 27.8 Å². The topological polar surface area (TPSA) is 71.7 Å². The third-order valence-electron chi connectivity index (χ3n) is 5.08. The number of thiazole rings is 1. The first kappa shape index (κ1) is 21.5. The van der Waals surface area contributed by atoms with E-state index in [1.165, 1.54) is 18.2 Å².